The molecule has 2 aromatic rings. The highest BCUT2D eigenvalue weighted by Crippen LogP contribution is 2.42. The standard InChI is InChI=1S/C17H19NO3/c1-19-12-6-7-14(16(9-12)20-2)15-5-3-4-11-8-13(10-18)21-17(11)15/h3-7,9,13H,8,10,18H2,1-2H3/t13-/m0/s1. The number of nitrogens with two attached hydrogens (primary N) is 1. The third-order valence-corrected chi connectivity index (χ3v) is 3.79. The van der Waals surface area contributed by atoms with Crippen molar-refractivity contribution in [3.63, 3.8) is 0 Å². The first-order valence-electron chi connectivity index (χ1n) is 6.97. The average molecular weight is 285 g/mol. The minimum absolute atomic E-state index is 0.0605. The molecule has 0 aliphatic carbocycles. The van der Waals surface area contributed by atoms with Gasteiger partial charge in [0, 0.05) is 30.2 Å². The van der Waals surface area contributed by atoms with Gasteiger partial charge in [0.25, 0.3) is 0 Å². The summed E-state index contributed by atoms with van der Waals surface area (Å²) >= 11 is 0. The number of benzene rings is 2. The van der Waals surface area contributed by atoms with E-state index in [2.05, 4.69) is 6.07 Å². The van der Waals surface area contributed by atoms with Gasteiger partial charge < -0.3 is 19.9 Å². The van der Waals surface area contributed by atoms with Crippen molar-refractivity contribution in [2.75, 3.05) is 20.8 Å². The van der Waals surface area contributed by atoms with Gasteiger partial charge >= 0.3 is 0 Å². The Morgan fingerprint density at radius 3 is 2.71 bits per heavy atom. The van der Waals surface area contributed by atoms with Crippen LogP contribution in [0.2, 0.25) is 0 Å². The Labute approximate surface area is 124 Å². The molecule has 2 aromatic carbocycles. The van der Waals surface area contributed by atoms with E-state index in [1.807, 2.05) is 30.3 Å². The minimum atomic E-state index is 0.0605. The van der Waals surface area contributed by atoms with Crippen molar-refractivity contribution in [2.45, 2.75) is 12.5 Å². The summed E-state index contributed by atoms with van der Waals surface area (Å²) in [5.41, 5.74) is 8.95. The lowest BCUT2D eigenvalue weighted by Crippen LogP contribution is -2.24. The Kier molecular flexibility index (Phi) is 3.71. The van der Waals surface area contributed by atoms with Crippen LogP contribution in [-0.4, -0.2) is 26.9 Å². The van der Waals surface area contributed by atoms with Gasteiger partial charge in [0.05, 0.1) is 14.2 Å². The Hall–Kier alpha value is -2.20. The Morgan fingerprint density at radius 1 is 1.14 bits per heavy atom. The molecule has 1 atom stereocenters. The normalized spacial score (nSPS) is 16.2. The molecule has 2 N–H and O–H groups in total. The monoisotopic (exact) mass is 285 g/mol. The van der Waals surface area contributed by atoms with E-state index in [4.69, 9.17) is 19.9 Å². The van der Waals surface area contributed by atoms with Gasteiger partial charge in [0.15, 0.2) is 0 Å². The van der Waals surface area contributed by atoms with E-state index in [-0.39, 0.29) is 6.10 Å². The predicted molar refractivity (Wildman–Crippen MR) is 82.2 cm³/mol. The molecule has 21 heavy (non-hydrogen) atoms. The van der Waals surface area contributed by atoms with Crippen LogP contribution in [0.25, 0.3) is 11.1 Å². The maximum absolute atomic E-state index is 5.99. The molecular weight excluding hydrogens is 266 g/mol. The fraction of sp³-hybridized carbons (Fsp3) is 0.294. The van der Waals surface area contributed by atoms with Crippen molar-refractivity contribution in [3.8, 4) is 28.4 Å². The average Bonchev–Trinajstić information content (AvgIpc) is 2.97. The first kappa shape index (κ1) is 13.8. The number of hydrogen-bond donors (Lipinski definition) is 1. The van der Waals surface area contributed by atoms with E-state index in [0.717, 1.165) is 34.8 Å². The van der Waals surface area contributed by atoms with Crippen molar-refractivity contribution >= 4 is 0 Å². The van der Waals surface area contributed by atoms with Crippen LogP contribution in [-0.2, 0) is 6.42 Å². The summed E-state index contributed by atoms with van der Waals surface area (Å²) < 4.78 is 16.7. The van der Waals surface area contributed by atoms with E-state index in [9.17, 15) is 0 Å². The molecule has 0 bridgehead atoms. The molecule has 0 radical (unpaired) electrons. The van der Waals surface area contributed by atoms with Gasteiger partial charge in [-0.1, -0.05) is 18.2 Å². The third kappa shape index (κ3) is 2.43. The summed E-state index contributed by atoms with van der Waals surface area (Å²) in [5, 5.41) is 0. The number of para-hydroxylation sites is 1. The van der Waals surface area contributed by atoms with Crippen LogP contribution < -0.4 is 19.9 Å². The van der Waals surface area contributed by atoms with Crippen molar-refractivity contribution in [1.29, 1.82) is 0 Å². The number of methoxy groups -OCH3 is 2. The summed E-state index contributed by atoms with van der Waals surface area (Å²) in [6.07, 6.45) is 0.920. The van der Waals surface area contributed by atoms with Gasteiger partial charge in [-0.15, -0.1) is 0 Å². The highest BCUT2D eigenvalue weighted by Gasteiger charge is 2.25. The molecule has 0 unspecified atom stereocenters. The zero-order valence-corrected chi connectivity index (χ0v) is 12.3. The molecule has 0 saturated carbocycles. The van der Waals surface area contributed by atoms with Crippen LogP contribution in [0.4, 0.5) is 0 Å². The van der Waals surface area contributed by atoms with Crippen LogP contribution in [0, 0.1) is 0 Å². The molecule has 0 spiro atoms. The molecule has 1 aliphatic rings. The molecule has 0 fully saturated rings. The van der Waals surface area contributed by atoms with E-state index >= 15 is 0 Å². The second-order valence-electron chi connectivity index (χ2n) is 5.04. The molecule has 3 rings (SSSR count). The van der Waals surface area contributed by atoms with Crippen LogP contribution in [0.15, 0.2) is 36.4 Å². The molecule has 0 amide bonds. The highest BCUT2D eigenvalue weighted by molar-refractivity contribution is 5.78. The lowest BCUT2D eigenvalue weighted by molar-refractivity contribution is 0.242. The summed E-state index contributed by atoms with van der Waals surface area (Å²) in [5.74, 6) is 2.45. The van der Waals surface area contributed by atoms with Gasteiger partial charge in [-0.3, -0.25) is 0 Å². The van der Waals surface area contributed by atoms with Crippen molar-refractivity contribution < 1.29 is 14.2 Å². The highest BCUT2D eigenvalue weighted by atomic mass is 16.5. The summed E-state index contributed by atoms with van der Waals surface area (Å²) in [6.45, 7) is 0.522. The number of hydrogen-bond acceptors (Lipinski definition) is 4. The fourth-order valence-corrected chi connectivity index (χ4v) is 2.70. The third-order valence-electron chi connectivity index (χ3n) is 3.79. The van der Waals surface area contributed by atoms with E-state index < -0.39 is 0 Å². The molecule has 1 heterocycles. The van der Waals surface area contributed by atoms with Gasteiger partial charge in [-0.05, 0) is 17.7 Å². The fourth-order valence-electron chi connectivity index (χ4n) is 2.70. The Bertz CT molecular complexity index is 654. The van der Waals surface area contributed by atoms with Crippen LogP contribution in [0.5, 0.6) is 17.2 Å². The first-order valence-corrected chi connectivity index (χ1v) is 6.97. The van der Waals surface area contributed by atoms with Gasteiger partial charge in [0.1, 0.15) is 23.4 Å². The SMILES string of the molecule is COc1ccc(-c2cccc3c2O[C@H](CN)C3)c(OC)c1. The number of ether oxygens (including phenoxy) is 3. The van der Waals surface area contributed by atoms with Crippen LogP contribution >= 0.6 is 0 Å². The molecular formula is C17H19NO3. The molecule has 4 nitrogen and oxygen atoms in total. The lowest BCUT2D eigenvalue weighted by Gasteiger charge is -2.14. The molecule has 4 heteroatoms. The van der Waals surface area contributed by atoms with Crippen LogP contribution in [0.3, 0.4) is 0 Å². The molecule has 110 valence electrons. The van der Waals surface area contributed by atoms with Crippen molar-refractivity contribution in [3.05, 3.63) is 42.0 Å². The topological polar surface area (TPSA) is 53.7 Å². The number of fused-ring (bicyclic) bond motifs is 1. The zero-order chi connectivity index (χ0) is 14.8. The lowest BCUT2D eigenvalue weighted by atomic mass is 9.99. The maximum Gasteiger partial charge on any atom is 0.131 e. The smallest absolute Gasteiger partial charge is 0.131 e. The van der Waals surface area contributed by atoms with Gasteiger partial charge in [0.2, 0.25) is 0 Å². The van der Waals surface area contributed by atoms with Crippen LogP contribution in [0.1, 0.15) is 5.56 Å². The summed E-state index contributed by atoms with van der Waals surface area (Å²) in [4.78, 5) is 0. The molecule has 0 saturated heterocycles. The second-order valence-corrected chi connectivity index (χ2v) is 5.04. The van der Waals surface area contributed by atoms with Gasteiger partial charge in [-0.25, -0.2) is 0 Å². The largest absolute Gasteiger partial charge is 0.497 e. The van der Waals surface area contributed by atoms with Crippen molar-refractivity contribution in [1.82, 2.24) is 0 Å². The second kappa shape index (κ2) is 5.66. The van der Waals surface area contributed by atoms with Crippen molar-refractivity contribution in [2.24, 2.45) is 5.73 Å². The van der Waals surface area contributed by atoms with Gasteiger partial charge in [-0.2, -0.15) is 0 Å². The van der Waals surface area contributed by atoms with E-state index in [1.54, 1.807) is 14.2 Å². The Morgan fingerprint density at radius 2 is 2.00 bits per heavy atom. The quantitative estimate of drug-likeness (QED) is 0.938. The van der Waals surface area contributed by atoms with E-state index in [1.165, 1.54) is 5.56 Å². The first-order chi connectivity index (χ1) is 10.3. The zero-order valence-electron chi connectivity index (χ0n) is 12.3. The Balaban J connectivity index is 2.09. The minimum Gasteiger partial charge on any atom is -0.497 e. The summed E-state index contributed by atoms with van der Waals surface area (Å²) in [7, 11) is 3.30. The number of rotatable bonds is 4. The van der Waals surface area contributed by atoms with E-state index in [0.29, 0.717) is 6.54 Å². The molecule has 0 aromatic heterocycles. The molecule has 1 aliphatic heterocycles. The predicted octanol–water partition coefficient (Wildman–Crippen LogP) is 2.63. The maximum atomic E-state index is 5.99. The summed E-state index contributed by atoms with van der Waals surface area (Å²) in [6, 6.07) is 12.0.